The van der Waals surface area contributed by atoms with Gasteiger partial charge in [0, 0.05) is 18.2 Å². The first-order valence-corrected chi connectivity index (χ1v) is 12.0. The second kappa shape index (κ2) is 8.20. The minimum absolute atomic E-state index is 0.0394. The molecule has 170 valence electrons. The normalized spacial score (nSPS) is 32.5. The number of carboxylic acid groups (broad SMARTS) is 1. The highest BCUT2D eigenvalue weighted by Gasteiger charge is 2.54. The fraction of sp³-hybridized carbons (Fsp3) is 0.652. The van der Waals surface area contributed by atoms with E-state index in [1.807, 2.05) is 6.07 Å². The van der Waals surface area contributed by atoms with E-state index in [9.17, 15) is 30.0 Å². The fourth-order valence-corrected chi connectivity index (χ4v) is 7.37. The molecule has 4 rings (SSSR count). The number of aliphatic carboxylic acids is 1. The molecule has 0 aromatic heterocycles. The van der Waals surface area contributed by atoms with Gasteiger partial charge in [0.15, 0.2) is 11.5 Å². The van der Waals surface area contributed by atoms with Gasteiger partial charge in [-0.25, -0.2) is 4.79 Å². The Hall–Kier alpha value is -1.93. The third-order valence-electron chi connectivity index (χ3n) is 7.97. The Balaban J connectivity index is 1.61. The first-order valence-electron chi connectivity index (χ1n) is 11.0. The molecule has 2 saturated carbocycles. The number of benzene rings is 1. The van der Waals surface area contributed by atoms with Gasteiger partial charge < -0.3 is 25.7 Å². The summed E-state index contributed by atoms with van der Waals surface area (Å²) in [6.07, 6.45) is 5.12. The molecule has 7 nitrogen and oxygen atoms in total. The van der Waals surface area contributed by atoms with E-state index in [-0.39, 0.29) is 34.7 Å². The number of nitrogens with one attached hydrogen (secondary N) is 1. The zero-order valence-corrected chi connectivity index (χ0v) is 18.7. The highest BCUT2D eigenvalue weighted by molar-refractivity contribution is 7.99. The summed E-state index contributed by atoms with van der Waals surface area (Å²) in [5.41, 5.74) is 1.80. The van der Waals surface area contributed by atoms with E-state index >= 15 is 0 Å². The highest BCUT2D eigenvalue weighted by atomic mass is 32.2. The van der Waals surface area contributed by atoms with Gasteiger partial charge in [0.2, 0.25) is 5.91 Å². The molecule has 31 heavy (non-hydrogen) atoms. The van der Waals surface area contributed by atoms with Crippen molar-refractivity contribution in [1.82, 2.24) is 5.32 Å². The number of fused-ring (bicyclic) bond motifs is 5. The number of aliphatic hydroxyl groups excluding tert-OH is 1. The van der Waals surface area contributed by atoms with Crippen molar-refractivity contribution < 1.29 is 30.0 Å². The number of carbonyl (C=O) groups excluding carboxylic acids is 1. The number of hydrogen-bond acceptors (Lipinski definition) is 6. The van der Waals surface area contributed by atoms with Gasteiger partial charge in [-0.1, -0.05) is 6.92 Å². The van der Waals surface area contributed by atoms with E-state index in [4.69, 9.17) is 0 Å². The van der Waals surface area contributed by atoms with Crippen LogP contribution in [0.25, 0.3) is 0 Å². The van der Waals surface area contributed by atoms with Crippen molar-refractivity contribution in [2.24, 2.45) is 17.3 Å². The van der Waals surface area contributed by atoms with E-state index in [0.29, 0.717) is 23.2 Å². The molecule has 5 N–H and O–H groups in total. The van der Waals surface area contributed by atoms with Gasteiger partial charge in [-0.3, -0.25) is 4.79 Å². The Morgan fingerprint density at radius 1 is 1.23 bits per heavy atom. The average molecular weight is 450 g/mol. The molecule has 0 aliphatic heterocycles. The van der Waals surface area contributed by atoms with Gasteiger partial charge in [-0.15, -0.1) is 11.8 Å². The second-order valence-corrected chi connectivity index (χ2v) is 10.7. The molecule has 0 radical (unpaired) electrons. The SMILES string of the molecule is CC(=O)N[C@H](CSc1cc2c(c(O)c1O)CC[C@@H]1[C@@H]2CC[C@]2(C)[C@@H](O)CC[C@@H]12)C(=O)O. The maximum Gasteiger partial charge on any atom is 0.327 e. The number of aliphatic hydroxyl groups is 1. The van der Waals surface area contributed by atoms with Gasteiger partial charge in [-0.05, 0) is 73.3 Å². The van der Waals surface area contributed by atoms with Crippen molar-refractivity contribution in [1.29, 1.82) is 0 Å². The Bertz CT molecular complexity index is 905. The lowest BCUT2D eigenvalue weighted by atomic mass is 9.55. The Kier molecular flexibility index (Phi) is 5.89. The third-order valence-corrected chi connectivity index (χ3v) is 9.10. The van der Waals surface area contributed by atoms with Crippen LogP contribution >= 0.6 is 11.8 Å². The van der Waals surface area contributed by atoms with Crippen molar-refractivity contribution in [3.8, 4) is 11.5 Å². The van der Waals surface area contributed by atoms with Crippen molar-refractivity contribution in [2.75, 3.05) is 5.75 Å². The first-order chi connectivity index (χ1) is 14.6. The largest absolute Gasteiger partial charge is 0.504 e. The van der Waals surface area contributed by atoms with Crippen molar-refractivity contribution in [2.45, 2.75) is 75.3 Å². The lowest BCUT2D eigenvalue weighted by molar-refractivity contribution is -0.140. The molecule has 8 heteroatoms. The summed E-state index contributed by atoms with van der Waals surface area (Å²) in [6, 6.07) is 0.829. The van der Waals surface area contributed by atoms with Crippen molar-refractivity contribution in [3.63, 3.8) is 0 Å². The number of phenols is 2. The molecule has 0 bridgehead atoms. The topological polar surface area (TPSA) is 127 Å². The van der Waals surface area contributed by atoms with Gasteiger partial charge >= 0.3 is 5.97 Å². The standard InChI is InChI=1S/C23H31NO6S/c1-11(25)24-17(22(29)30)10-31-18-9-15-12-7-8-23(2)16(5-6-19(23)26)13(12)3-4-14(15)20(27)21(18)28/h9,12-13,16-17,19,26-28H,3-8,10H2,1-2H3,(H,24,25)(H,29,30)/t12-,13+,16-,17+,19-,23-/m0/s1. The maximum absolute atomic E-state index is 11.4. The predicted molar refractivity (Wildman–Crippen MR) is 116 cm³/mol. The molecule has 0 heterocycles. The number of amides is 1. The maximum atomic E-state index is 11.4. The molecule has 0 spiro atoms. The second-order valence-electron chi connectivity index (χ2n) is 9.60. The summed E-state index contributed by atoms with van der Waals surface area (Å²) >= 11 is 1.13. The van der Waals surface area contributed by atoms with Crippen LogP contribution in [-0.4, -0.2) is 50.2 Å². The molecular weight excluding hydrogens is 418 g/mol. The molecule has 0 unspecified atom stereocenters. The van der Waals surface area contributed by atoms with Crippen LogP contribution in [0.1, 0.15) is 63.0 Å². The van der Waals surface area contributed by atoms with Gasteiger partial charge in [-0.2, -0.15) is 0 Å². The van der Waals surface area contributed by atoms with E-state index in [2.05, 4.69) is 12.2 Å². The van der Waals surface area contributed by atoms with E-state index in [1.54, 1.807) is 0 Å². The lowest BCUT2D eigenvalue weighted by Gasteiger charge is -2.50. The molecule has 1 amide bonds. The van der Waals surface area contributed by atoms with Gasteiger partial charge in [0.05, 0.1) is 11.0 Å². The molecule has 3 aliphatic rings. The molecular formula is C23H31NO6S. The number of rotatable bonds is 5. The zero-order chi connectivity index (χ0) is 22.5. The smallest absolute Gasteiger partial charge is 0.327 e. The molecule has 6 atom stereocenters. The highest BCUT2D eigenvalue weighted by Crippen LogP contribution is 2.62. The molecule has 1 aromatic carbocycles. The summed E-state index contributed by atoms with van der Waals surface area (Å²) in [4.78, 5) is 23.2. The number of hydrogen-bond donors (Lipinski definition) is 5. The van der Waals surface area contributed by atoms with Crippen LogP contribution in [0.3, 0.4) is 0 Å². The van der Waals surface area contributed by atoms with Crippen LogP contribution in [0, 0.1) is 17.3 Å². The van der Waals surface area contributed by atoms with Gasteiger partial charge in [0.25, 0.3) is 0 Å². The van der Waals surface area contributed by atoms with Crippen molar-refractivity contribution >= 4 is 23.6 Å². The Morgan fingerprint density at radius 2 is 1.97 bits per heavy atom. The van der Waals surface area contributed by atoms with Crippen LogP contribution < -0.4 is 5.32 Å². The number of aromatic hydroxyl groups is 2. The monoisotopic (exact) mass is 449 g/mol. The van der Waals surface area contributed by atoms with Crippen LogP contribution in [-0.2, 0) is 16.0 Å². The number of thioether (sulfide) groups is 1. The third kappa shape index (κ3) is 3.78. The number of carbonyl (C=O) groups is 2. The van der Waals surface area contributed by atoms with Crippen LogP contribution in [0.5, 0.6) is 11.5 Å². The fourth-order valence-electron chi connectivity index (χ4n) is 6.35. The molecule has 0 saturated heterocycles. The zero-order valence-electron chi connectivity index (χ0n) is 17.9. The molecule has 2 fully saturated rings. The number of phenolic OH excluding ortho intramolecular Hbond substituents is 2. The number of carboxylic acids is 1. The minimum Gasteiger partial charge on any atom is -0.504 e. The van der Waals surface area contributed by atoms with Gasteiger partial charge in [0.1, 0.15) is 6.04 Å². The van der Waals surface area contributed by atoms with Crippen LogP contribution in [0.15, 0.2) is 11.0 Å². The first kappa shape index (κ1) is 22.3. The Morgan fingerprint density at radius 3 is 2.65 bits per heavy atom. The van der Waals surface area contributed by atoms with Crippen LogP contribution in [0.4, 0.5) is 0 Å². The lowest BCUT2D eigenvalue weighted by Crippen LogP contribution is -2.44. The Labute approximate surface area is 186 Å². The minimum atomic E-state index is -1.14. The quantitative estimate of drug-likeness (QED) is 0.345. The summed E-state index contributed by atoms with van der Waals surface area (Å²) in [6.45, 7) is 3.48. The van der Waals surface area contributed by atoms with E-state index in [0.717, 1.165) is 55.0 Å². The molecule has 3 aliphatic carbocycles. The average Bonchev–Trinajstić information content (AvgIpc) is 3.02. The predicted octanol–water partition coefficient (Wildman–Crippen LogP) is 3.00. The van der Waals surface area contributed by atoms with E-state index in [1.165, 1.54) is 6.92 Å². The van der Waals surface area contributed by atoms with Crippen molar-refractivity contribution in [3.05, 3.63) is 17.2 Å². The van der Waals surface area contributed by atoms with E-state index < -0.39 is 17.9 Å². The molecule has 1 aromatic rings. The summed E-state index contributed by atoms with van der Waals surface area (Å²) < 4.78 is 0. The summed E-state index contributed by atoms with van der Waals surface area (Å²) in [7, 11) is 0. The van der Waals surface area contributed by atoms with Crippen LogP contribution in [0.2, 0.25) is 0 Å². The summed E-state index contributed by atoms with van der Waals surface area (Å²) in [5.74, 6) is -0.691. The summed E-state index contributed by atoms with van der Waals surface area (Å²) in [5, 5.41) is 43.6.